The third-order valence-corrected chi connectivity index (χ3v) is 17.0. The van der Waals surface area contributed by atoms with E-state index in [1.54, 1.807) is 4.90 Å². The number of hydrogen-bond acceptors (Lipinski definition) is 10. The summed E-state index contributed by atoms with van der Waals surface area (Å²) in [5, 5.41) is 20.8. The third kappa shape index (κ3) is 9.72. The molecule has 1 aromatic heterocycles. The maximum atomic E-state index is 16.5. The number of likely N-dealkylation sites (tertiary alicyclic amines) is 2. The van der Waals surface area contributed by atoms with Gasteiger partial charge < -0.3 is 35.4 Å². The number of aromatic nitrogens is 2. The summed E-state index contributed by atoms with van der Waals surface area (Å²) in [6, 6.07) is 19.1. The van der Waals surface area contributed by atoms with Crippen LogP contribution < -0.4 is 30.7 Å². The second kappa shape index (κ2) is 21.2. The molecule has 4 aromatic carbocycles. The van der Waals surface area contributed by atoms with Gasteiger partial charge in [-0.1, -0.05) is 54.9 Å². The van der Waals surface area contributed by atoms with Gasteiger partial charge in [-0.15, -0.1) is 0 Å². The highest BCUT2D eigenvalue weighted by molar-refractivity contribution is 6.34. The summed E-state index contributed by atoms with van der Waals surface area (Å²) >= 11 is 6.73. The van der Waals surface area contributed by atoms with Crippen molar-refractivity contribution in [1.29, 1.82) is 0 Å². The Morgan fingerprint density at radius 2 is 1.68 bits per heavy atom. The number of piperidine rings is 2. The van der Waals surface area contributed by atoms with Crippen molar-refractivity contribution in [2.75, 3.05) is 57.4 Å². The average molecular weight is 1040 g/mol. The molecule has 1 aliphatic carbocycles. The Balaban J connectivity index is 0.731. The summed E-state index contributed by atoms with van der Waals surface area (Å²) < 4.78 is 46.5. The first kappa shape index (κ1) is 51.4. The summed E-state index contributed by atoms with van der Waals surface area (Å²) in [4.78, 5) is 57.8. The molecule has 0 radical (unpaired) electrons. The first-order valence-electron chi connectivity index (χ1n) is 26.1. The van der Waals surface area contributed by atoms with Crippen LogP contribution in [0.1, 0.15) is 111 Å². The third-order valence-electron chi connectivity index (χ3n) is 16.6. The lowest BCUT2D eigenvalue weighted by atomic mass is 9.77. The predicted molar refractivity (Wildman–Crippen MR) is 277 cm³/mol. The van der Waals surface area contributed by atoms with E-state index in [1.807, 2.05) is 55.9 Å². The number of amides is 5. The zero-order chi connectivity index (χ0) is 52.0. The first-order valence-corrected chi connectivity index (χ1v) is 26.5. The normalized spacial score (nSPS) is 24.0. The molecule has 5 heterocycles. The van der Waals surface area contributed by atoms with Gasteiger partial charge in [0.1, 0.15) is 18.2 Å². The number of fused-ring (bicyclic) bond motifs is 2. The van der Waals surface area contributed by atoms with E-state index in [-0.39, 0.29) is 77.6 Å². The van der Waals surface area contributed by atoms with Gasteiger partial charge >= 0.3 is 6.03 Å². The van der Waals surface area contributed by atoms with E-state index in [1.165, 1.54) is 23.8 Å². The maximum absolute atomic E-state index is 16.5. The number of carbonyl (C=O) groups is 4. The molecule has 392 valence electrons. The van der Waals surface area contributed by atoms with Crippen LogP contribution in [0.3, 0.4) is 0 Å². The first-order chi connectivity index (χ1) is 35.6. The number of halogens is 3. The maximum Gasteiger partial charge on any atom is 0.330 e. The number of carbonyl (C=O) groups excluding carboxylic acids is 4. The Hall–Kier alpha value is -6.14. The molecule has 15 nitrogen and oxygen atoms in total. The van der Waals surface area contributed by atoms with Crippen molar-refractivity contribution < 1.29 is 42.5 Å². The van der Waals surface area contributed by atoms with Crippen LogP contribution in [-0.4, -0.2) is 113 Å². The number of ether oxygens (including phenoxy) is 2. The molecule has 0 unspecified atom stereocenters. The minimum Gasteiger partial charge on any atom is -0.488 e. The fraction of sp³-hybridized carbons (Fsp3) is 0.482. The minimum atomic E-state index is -1.10. The summed E-state index contributed by atoms with van der Waals surface area (Å²) in [5.41, 5.74) is 7.57. The van der Waals surface area contributed by atoms with Crippen LogP contribution in [0.5, 0.6) is 11.5 Å². The topological polar surface area (TPSA) is 185 Å². The Kier molecular flexibility index (Phi) is 14.7. The van der Waals surface area contributed by atoms with E-state index >= 15 is 8.78 Å². The van der Waals surface area contributed by atoms with E-state index in [9.17, 15) is 24.3 Å². The molecule has 5 aliphatic rings. The number of nitrogens with two attached hydrogens (primary N) is 1. The fourth-order valence-electron chi connectivity index (χ4n) is 12.5. The van der Waals surface area contributed by atoms with Crippen molar-refractivity contribution in [2.45, 2.75) is 101 Å². The molecule has 3 saturated heterocycles. The second-order valence-electron chi connectivity index (χ2n) is 21.0. The Bertz CT molecular complexity index is 2950. The summed E-state index contributed by atoms with van der Waals surface area (Å²) in [6.45, 7) is 8.10. The number of aryl methyl sites for hydroxylation is 1. The van der Waals surface area contributed by atoms with Gasteiger partial charge in [0.25, 0.3) is 0 Å². The van der Waals surface area contributed by atoms with Crippen LogP contribution in [0.25, 0.3) is 22.0 Å². The number of nitrogens with zero attached hydrogens (tertiary/aromatic N) is 5. The lowest BCUT2D eigenvalue weighted by Crippen LogP contribution is -2.54. The van der Waals surface area contributed by atoms with Gasteiger partial charge in [-0.3, -0.25) is 29.3 Å². The number of rotatable bonds is 14. The van der Waals surface area contributed by atoms with Gasteiger partial charge in [0, 0.05) is 91.7 Å². The number of primary amides is 1. The highest BCUT2D eigenvalue weighted by Gasteiger charge is 2.50. The van der Waals surface area contributed by atoms with Crippen molar-refractivity contribution in [3.05, 3.63) is 106 Å². The van der Waals surface area contributed by atoms with E-state index in [2.05, 4.69) is 38.6 Å². The van der Waals surface area contributed by atoms with Crippen LogP contribution in [0, 0.1) is 23.5 Å². The molecule has 4 fully saturated rings. The van der Waals surface area contributed by atoms with Crippen LogP contribution in [-0.2, 0) is 22.2 Å². The molecule has 4 aliphatic heterocycles. The van der Waals surface area contributed by atoms with Crippen LogP contribution in [0.15, 0.2) is 66.7 Å². The van der Waals surface area contributed by atoms with Crippen molar-refractivity contribution >= 4 is 52.1 Å². The van der Waals surface area contributed by atoms with Gasteiger partial charge in [0.2, 0.25) is 17.7 Å². The highest BCUT2D eigenvalue weighted by Crippen LogP contribution is 2.56. The van der Waals surface area contributed by atoms with Gasteiger partial charge in [-0.25, -0.2) is 13.6 Å². The molecule has 74 heavy (non-hydrogen) atoms. The lowest BCUT2D eigenvalue weighted by Gasteiger charge is -2.40. The van der Waals surface area contributed by atoms with Gasteiger partial charge in [-0.2, -0.15) is 5.10 Å². The smallest absolute Gasteiger partial charge is 0.330 e. The molecular formula is C56H65ClF2N8O7. The molecule has 1 saturated carbocycles. The highest BCUT2D eigenvalue weighted by atomic mass is 35.5. The average Bonchev–Trinajstić information content (AvgIpc) is 3.87. The molecule has 10 rings (SSSR count). The van der Waals surface area contributed by atoms with Crippen molar-refractivity contribution in [3.8, 4) is 22.6 Å². The number of imide groups is 1. The largest absolute Gasteiger partial charge is 0.488 e. The molecule has 3 atom stereocenters. The number of hydrogen-bond donors (Lipinski definition) is 4. The Morgan fingerprint density at radius 1 is 0.946 bits per heavy atom. The van der Waals surface area contributed by atoms with Crippen molar-refractivity contribution in [1.82, 2.24) is 30.2 Å². The number of aliphatic hydroxyl groups is 1. The van der Waals surface area contributed by atoms with Crippen LogP contribution in [0.2, 0.25) is 5.02 Å². The molecular weight excluding hydrogens is 970 g/mol. The summed E-state index contributed by atoms with van der Waals surface area (Å²) in [5.74, 6) is -1.95. The molecule has 18 heteroatoms. The van der Waals surface area contributed by atoms with Crippen LogP contribution in [0.4, 0.5) is 19.4 Å². The molecule has 5 N–H and O–H groups in total. The molecule has 5 aromatic rings. The minimum absolute atomic E-state index is 0.0487. The quantitative estimate of drug-likeness (QED) is 0.0847. The number of anilines is 1. The molecule has 0 spiro atoms. The Morgan fingerprint density at radius 3 is 2.36 bits per heavy atom. The zero-order valence-corrected chi connectivity index (χ0v) is 42.9. The number of nitrogens with one attached hydrogen (secondary N) is 2. The summed E-state index contributed by atoms with van der Waals surface area (Å²) in [7, 11) is 1.89. The van der Waals surface area contributed by atoms with Gasteiger partial charge in [-0.05, 0) is 119 Å². The SMILES string of the molecule is C[C@@H]1CC(=O)NC(=O)N1c1nn(C)c2cc(C3CCN(CC4CCN(C(=O)C5CCC(NC[C@]6(c7ccccc7)Oc7cc(F)c(Cl)c(-c8c(C(N)=O)ccc(OCCO)c8F)c7[C@@H]6C)CC5)CC4)CC3)ccc12. The fourth-order valence-corrected chi connectivity index (χ4v) is 12.8. The van der Waals surface area contributed by atoms with E-state index in [4.69, 9.17) is 31.9 Å². The standard InChI is InChI=1S/C56H65ClF2N8O7/c1-32-27-46(69)62-55(72)67(32)53-40-14-11-37(28-43(40)64(3)63-53)35-19-21-65(22-20-35)30-34-17-23-66(24-18-34)54(71)36-9-12-39(13-10-36)61-31-56(38-7-5-4-6-8-38)33(2)47-45(74-56)29-42(58)50(57)49(47)48-41(52(60)70)15-16-44(51(48)59)73-26-25-68/h4-8,11,14-16,28-29,32-36,39,61,68H,9-10,12-13,17-27,30-31H2,1-3H3,(H2,60,70)(H,62,69,72)/t32-,33+,36?,39?,56+/m1/s1. The van der Waals surface area contributed by atoms with Crippen molar-refractivity contribution in [3.63, 3.8) is 0 Å². The van der Waals surface area contributed by atoms with E-state index in [0.717, 1.165) is 101 Å². The summed E-state index contributed by atoms with van der Waals surface area (Å²) in [6.07, 6.45) is 7.39. The number of benzene rings is 4. The van der Waals surface area contributed by atoms with Crippen LogP contribution >= 0.6 is 11.6 Å². The molecule has 5 amide bonds. The van der Waals surface area contributed by atoms with Crippen molar-refractivity contribution in [2.24, 2.45) is 24.6 Å². The van der Waals surface area contributed by atoms with Gasteiger partial charge in [0.05, 0.1) is 22.7 Å². The van der Waals surface area contributed by atoms with Gasteiger partial charge in [0.15, 0.2) is 23.0 Å². The van der Waals surface area contributed by atoms with E-state index < -0.39 is 40.1 Å². The van der Waals surface area contributed by atoms with E-state index in [0.29, 0.717) is 29.8 Å². The lowest BCUT2D eigenvalue weighted by molar-refractivity contribution is -0.138. The monoisotopic (exact) mass is 1030 g/mol. The predicted octanol–water partition coefficient (Wildman–Crippen LogP) is 8.13. The Labute approximate surface area is 434 Å². The number of urea groups is 1. The number of aliphatic hydroxyl groups excluding tert-OH is 1. The second-order valence-corrected chi connectivity index (χ2v) is 21.4. The zero-order valence-electron chi connectivity index (χ0n) is 42.2. The molecule has 0 bridgehead atoms.